The maximum atomic E-state index is 15.9. The van der Waals surface area contributed by atoms with Gasteiger partial charge in [0.25, 0.3) is 5.56 Å². The van der Waals surface area contributed by atoms with Crippen molar-refractivity contribution in [1.29, 1.82) is 0 Å². The van der Waals surface area contributed by atoms with Crippen molar-refractivity contribution in [1.82, 2.24) is 24.3 Å². The first kappa shape index (κ1) is 29.0. The highest BCUT2D eigenvalue weighted by Crippen LogP contribution is 2.35. The number of aryl methyl sites for hydroxylation is 2. The van der Waals surface area contributed by atoms with E-state index in [1.807, 2.05) is 0 Å². The van der Waals surface area contributed by atoms with Crippen molar-refractivity contribution in [3.05, 3.63) is 75.1 Å². The van der Waals surface area contributed by atoms with E-state index in [0.29, 0.717) is 10.6 Å². The normalized spacial score (nSPS) is 12.3. The van der Waals surface area contributed by atoms with Crippen LogP contribution in [-0.2, 0) is 10.1 Å². The average molecular weight is 612 g/mol. The monoisotopic (exact) mass is 611 g/mol. The Morgan fingerprint density at radius 1 is 1.05 bits per heavy atom. The summed E-state index contributed by atoms with van der Waals surface area (Å²) in [6, 6.07) is 4.04. The Morgan fingerprint density at radius 3 is 2.33 bits per heavy atom. The molecule has 9 nitrogen and oxygen atoms in total. The summed E-state index contributed by atoms with van der Waals surface area (Å²) in [6.45, 7) is -0.757. The topological polar surface area (TPSA) is 109 Å². The molecule has 3 aromatic heterocycles. The van der Waals surface area contributed by atoms with Crippen molar-refractivity contribution < 1.29 is 43.3 Å². The lowest BCUT2D eigenvalue weighted by molar-refractivity contribution is -0.0500. The molecule has 0 aliphatic carbocycles. The number of aromatic nitrogens is 5. The zero-order chi connectivity index (χ0) is 29.7. The van der Waals surface area contributed by atoms with Gasteiger partial charge in [0.05, 0.1) is 11.3 Å². The number of halogens is 8. The molecule has 0 amide bonds. The Labute approximate surface area is 224 Å². The molecule has 0 spiro atoms. The Hall–Kier alpha value is -3.99. The molecule has 3 heterocycles. The summed E-state index contributed by atoms with van der Waals surface area (Å²) in [5.74, 6) is -4.23. The van der Waals surface area contributed by atoms with Crippen LogP contribution in [0.2, 0.25) is 5.02 Å². The van der Waals surface area contributed by atoms with Crippen LogP contribution < -0.4 is 9.74 Å². The predicted octanol–water partition coefficient (Wildman–Crippen LogP) is 5.33. The van der Waals surface area contributed by atoms with Crippen LogP contribution in [0.25, 0.3) is 28.3 Å². The van der Waals surface area contributed by atoms with E-state index >= 15 is 8.78 Å². The molecule has 4 aromatic rings. The first-order valence-corrected chi connectivity index (χ1v) is 12.4. The Kier molecular flexibility index (Phi) is 7.40. The number of hydrogen-bond acceptors (Lipinski definition) is 7. The molecular formula is C22H13ClF7N5O4S. The number of benzene rings is 1. The predicted molar refractivity (Wildman–Crippen MR) is 126 cm³/mol. The minimum Gasteiger partial charge on any atom is -0.374 e. The molecule has 0 N–H and O–H groups in total. The summed E-state index contributed by atoms with van der Waals surface area (Å²) < 4.78 is 124. The lowest BCUT2D eigenvalue weighted by Gasteiger charge is -2.18. The van der Waals surface area contributed by atoms with Gasteiger partial charge in [-0.1, -0.05) is 17.7 Å². The highest BCUT2D eigenvalue weighted by Gasteiger charge is 2.49. The van der Waals surface area contributed by atoms with Gasteiger partial charge >= 0.3 is 22.2 Å². The van der Waals surface area contributed by atoms with Gasteiger partial charge in [-0.15, -0.1) is 0 Å². The molecule has 0 aliphatic heterocycles. The first-order chi connectivity index (χ1) is 18.6. The zero-order valence-electron chi connectivity index (χ0n) is 19.8. The lowest BCUT2D eigenvalue weighted by Crippen LogP contribution is -2.30. The van der Waals surface area contributed by atoms with Crippen molar-refractivity contribution in [3.63, 3.8) is 0 Å². The minimum atomic E-state index is -6.20. The molecule has 0 bridgehead atoms. The van der Waals surface area contributed by atoms with Gasteiger partial charge in [-0.2, -0.15) is 40.2 Å². The summed E-state index contributed by atoms with van der Waals surface area (Å²) >= 11 is 5.82. The molecule has 0 unspecified atom stereocenters. The maximum Gasteiger partial charge on any atom is 0.534 e. The lowest BCUT2D eigenvalue weighted by atomic mass is 10.0. The molecule has 4 rings (SSSR count). The van der Waals surface area contributed by atoms with Crippen LogP contribution in [0.3, 0.4) is 0 Å². The van der Waals surface area contributed by atoms with Gasteiger partial charge in [0.2, 0.25) is 0 Å². The van der Waals surface area contributed by atoms with E-state index in [2.05, 4.69) is 19.2 Å². The van der Waals surface area contributed by atoms with Crippen LogP contribution in [0.1, 0.15) is 17.8 Å². The van der Waals surface area contributed by atoms with E-state index in [4.69, 9.17) is 11.6 Å². The molecule has 0 saturated heterocycles. The number of alkyl halides is 5. The third-order valence-corrected chi connectivity index (χ3v) is 6.75. The van der Waals surface area contributed by atoms with E-state index in [9.17, 15) is 35.2 Å². The molecule has 0 aliphatic rings. The SMILES string of the molecule is Cc1cnc(-c2cccc(-c3ncnn3C(F)F)c2F)c(F)c1-n1c(C)cc(OS(=O)(=O)C(F)(F)F)c(Cl)c1=O. The van der Waals surface area contributed by atoms with Crippen molar-refractivity contribution in [2.24, 2.45) is 0 Å². The third-order valence-electron chi connectivity index (χ3n) is 5.44. The Balaban J connectivity index is 1.90. The number of rotatable bonds is 6. The molecule has 0 saturated carbocycles. The number of pyridine rings is 2. The fraction of sp³-hybridized carbons (Fsp3) is 0.182. The standard InChI is InChI=1S/C22H13ClF7N5O4S/c1-9-7-31-17(11-4-3-5-12(15(11)24)19-32-8-33-35(19)21(26)27)16(25)18(9)34-10(2)6-13(14(23)20(34)36)39-40(37,38)22(28,29)30/h3-8,21H,1-2H3. The van der Waals surface area contributed by atoms with Crippen LogP contribution >= 0.6 is 11.6 Å². The van der Waals surface area contributed by atoms with Crippen LogP contribution in [0.5, 0.6) is 5.75 Å². The molecule has 18 heteroatoms. The molecule has 0 radical (unpaired) electrons. The molecule has 1 aromatic carbocycles. The average Bonchev–Trinajstić information content (AvgIpc) is 3.34. The van der Waals surface area contributed by atoms with Crippen molar-refractivity contribution in [3.8, 4) is 34.1 Å². The Morgan fingerprint density at radius 2 is 1.70 bits per heavy atom. The second kappa shape index (κ2) is 10.2. The highest BCUT2D eigenvalue weighted by molar-refractivity contribution is 7.88. The van der Waals surface area contributed by atoms with Crippen LogP contribution in [0, 0.1) is 25.5 Å². The van der Waals surface area contributed by atoms with Gasteiger partial charge in [0.15, 0.2) is 17.4 Å². The van der Waals surface area contributed by atoms with Crippen LogP contribution in [0.15, 0.2) is 41.6 Å². The summed E-state index contributed by atoms with van der Waals surface area (Å²) in [5, 5.41) is 2.20. The van der Waals surface area contributed by atoms with Gasteiger partial charge in [-0.05, 0) is 31.5 Å². The van der Waals surface area contributed by atoms with E-state index in [0.717, 1.165) is 31.6 Å². The van der Waals surface area contributed by atoms with Crippen LogP contribution in [-0.4, -0.2) is 38.2 Å². The zero-order valence-corrected chi connectivity index (χ0v) is 21.4. The van der Waals surface area contributed by atoms with E-state index < -0.39 is 78.5 Å². The van der Waals surface area contributed by atoms with Gasteiger partial charge in [0, 0.05) is 23.5 Å². The minimum absolute atomic E-state index is 0.0203. The second-order valence-electron chi connectivity index (χ2n) is 8.01. The number of hydrogen-bond donors (Lipinski definition) is 0. The molecule has 0 atom stereocenters. The maximum absolute atomic E-state index is 15.9. The summed E-state index contributed by atoms with van der Waals surface area (Å²) in [5.41, 5.74) is -9.76. The third kappa shape index (κ3) is 4.90. The molecule has 40 heavy (non-hydrogen) atoms. The van der Waals surface area contributed by atoms with Crippen molar-refractivity contribution >= 4 is 21.7 Å². The largest absolute Gasteiger partial charge is 0.534 e. The first-order valence-electron chi connectivity index (χ1n) is 10.6. The fourth-order valence-corrected chi connectivity index (χ4v) is 4.37. The summed E-state index contributed by atoms with van der Waals surface area (Å²) in [7, 11) is -6.20. The van der Waals surface area contributed by atoms with E-state index in [1.165, 1.54) is 13.0 Å². The van der Waals surface area contributed by atoms with E-state index in [1.54, 1.807) is 0 Å². The van der Waals surface area contributed by atoms with Gasteiger partial charge in [0.1, 0.15) is 22.9 Å². The fourth-order valence-electron chi connectivity index (χ4n) is 3.69. The summed E-state index contributed by atoms with van der Waals surface area (Å²) in [6.07, 6.45) is 1.81. The quantitative estimate of drug-likeness (QED) is 0.165. The van der Waals surface area contributed by atoms with Gasteiger partial charge in [-0.3, -0.25) is 14.3 Å². The van der Waals surface area contributed by atoms with Gasteiger partial charge < -0.3 is 4.18 Å². The summed E-state index contributed by atoms with van der Waals surface area (Å²) in [4.78, 5) is 20.5. The van der Waals surface area contributed by atoms with E-state index in [-0.39, 0.29) is 15.9 Å². The van der Waals surface area contributed by atoms with Gasteiger partial charge in [-0.25, -0.2) is 13.8 Å². The Bertz CT molecular complexity index is 1810. The highest BCUT2D eigenvalue weighted by atomic mass is 35.5. The molecule has 212 valence electrons. The molecule has 0 fully saturated rings. The van der Waals surface area contributed by atoms with Crippen molar-refractivity contribution in [2.45, 2.75) is 25.9 Å². The van der Waals surface area contributed by atoms with Crippen molar-refractivity contribution in [2.75, 3.05) is 0 Å². The number of nitrogens with zero attached hydrogens (tertiary/aromatic N) is 5. The van der Waals surface area contributed by atoms with Crippen LogP contribution in [0.4, 0.5) is 30.7 Å². The second-order valence-corrected chi connectivity index (χ2v) is 9.93. The molecular weight excluding hydrogens is 599 g/mol. The smallest absolute Gasteiger partial charge is 0.374 e.